The summed E-state index contributed by atoms with van der Waals surface area (Å²) in [4.78, 5) is 37.6. The fraction of sp³-hybridized carbons (Fsp3) is 0.526. The lowest BCUT2D eigenvalue weighted by Gasteiger charge is -2.36. The average Bonchev–Trinajstić information content (AvgIpc) is 2.64. The molecule has 1 aromatic rings. The minimum absolute atomic E-state index is 0.0136. The van der Waals surface area contributed by atoms with Crippen molar-refractivity contribution in [3.63, 3.8) is 0 Å². The van der Waals surface area contributed by atoms with Gasteiger partial charge in [-0.1, -0.05) is 30.3 Å². The van der Waals surface area contributed by atoms with E-state index < -0.39 is 12.0 Å². The molecule has 1 saturated carbocycles. The second kappa shape index (κ2) is 8.31. The number of nitrogens with zero attached hydrogens (tertiary/aromatic N) is 1. The number of ether oxygens (including phenoxy) is 1. The molecule has 1 aliphatic carbocycles. The summed E-state index contributed by atoms with van der Waals surface area (Å²) in [6.07, 6.45) is 2.41. The van der Waals surface area contributed by atoms with Gasteiger partial charge in [0, 0.05) is 12.6 Å². The van der Waals surface area contributed by atoms with Crippen molar-refractivity contribution in [1.29, 1.82) is 0 Å². The molecular weight excluding hydrogens is 336 g/mol. The van der Waals surface area contributed by atoms with Crippen molar-refractivity contribution in [2.75, 3.05) is 13.2 Å². The maximum atomic E-state index is 12.7. The van der Waals surface area contributed by atoms with Gasteiger partial charge < -0.3 is 20.1 Å². The van der Waals surface area contributed by atoms with Gasteiger partial charge in [0.25, 0.3) is 0 Å². The molecule has 7 nitrogen and oxygen atoms in total. The predicted molar refractivity (Wildman–Crippen MR) is 93.1 cm³/mol. The summed E-state index contributed by atoms with van der Waals surface area (Å²) < 4.78 is 5.29. The van der Waals surface area contributed by atoms with Crippen molar-refractivity contribution < 1.29 is 24.2 Å². The molecule has 0 bridgehead atoms. The predicted octanol–water partition coefficient (Wildman–Crippen LogP) is 1.17. The number of aliphatic carboxylic acids is 1. The van der Waals surface area contributed by atoms with Crippen molar-refractivity contribution in [2.24, 2.45) is 5.92 Å². The Hall–Kier alpha value is -2.41. The normalized spacial score (nSPS) is 26.4. The van der Waals surface area contributed by atoms with Gasteiger partial charge in [-0.3, -0.25) is 14.4 Å². The molecule has 0 spiro atoms. The van der Waals surface area contributed by atoms with Crippen LogP contribution in [0.25, 0.3) is 0 Å². The molecule has 26 heavy (non-hydrogen) atoms. The van der Waals surface area contributed by atoms with E-state index in [0.717, 1.165) is 5.56 Å². The second-order valence-electron chi connectivity index (χ2n) is 6.93. The molecule has 1 aliphatic heterocycles. The number of hydrogen-bond acceptors (Lipinski definition) is 4. The molecule has 0 unspecified atom stereocenters. The fourth-order valence-corrected chi connectivity index (χ4v) is 3.58. The molecule has 1 aromatic carbocycles. The number of hydrogen-bond donors (Lipinski definition) is 2. The second-order valence-corrected chi connectivity index (χ2v) is 6.93. The van der Waals surface area contributed by atoms with Crippen LogP contribution in [0.1, 0.15) is 31.2 Å². The fourth-order valence-electron chi connectivity index (χ4n) is 3.58. The van der Waals surface area contributed by atoms with E-state index in [-0.39, 0.29) is 37.0 Å². The molecule has 1 heterocycles. The van der Waals surface area contributed by atoms with E-state index in [0.29, 0.717) is 32.2 Å². The molecule has 7 heteroatoms. The SMILES string of the molecule is O=C(O)C1CCC(NC(=O)[C@H]2COCC(=O)N2Cc2ccccc2)CC1. The van der Waals surface area contributed by atoms with Crippen molar-refractivity contribution in [3.05, 3.63) is 35.9 Å². The van der Waals surface area contributed by atoms with E-state index in [9.17, 15) is 14.4 Å². The Kier molecular flexibility index (Phi) is 5.88. The number of benzene rings is 1. The van der Waals surface area contributed by atoms with Crippen molar-refractivity contribution in [1.82, 2.24) is 10.2 Å². The number of rotatable bonds is 5. The van der Waals surface area contributed by atoms with Crippen LogP contribution < -0.4 is 5.32 Å². The van der Waals surface area contributed by atoms with E-state index in [1.807, 2.05) is 30.3 Å². The third-order valence-electron chi connectivity index (χ3n) is 5.12. The molecule has 2 N–H and O–H groups in total. The highest BCUT2D eigenvalue weighted by molar-refractivity contribution is 5.89. The highest BCUT2D eigenvalue weighted by atomic mass is 16.5. The third-order valence-corrected chi connectivity index (χ3v) is 5.12. The van der Waals surface area contributed by atoms with Crippen LogP contribution in [0.2, 0.25) is 0 Å². The summed E-state index contributed by atoms with van der Waals surface area (Å²) >= 11 is 0. The van der Waals surface area contributed by atoms with Gasteiger partial charge in [0.15, 0.2) is 0 Å². The number of carbonyl (C=O) groups excluding carboxylic acids is 2. The third kappa shape index (κ3) is 4.40. The Morgan fingerprint density at radius 1 is 1.15 bits per heavy atom. The largest absolute Gasteiger partial charge is 0.481 e. The Balaban J connectivity index is 1.61. The van der Waals surface area contributed by atoms with Crippen LogP contribution in [-0.4, -0.2) is 53.1 Å². The quantitative estimate of drug-likeness (QED) is 0.822. The first-order valence-electron chi connectivity index (χ1n) is 8.99. The van der Waals surface area contributed by atoms with E-state index in [4.69, 9.17) is 9.84 Å². The van der Waals surface area contributed by atoms with Gasteiger partial charge in [0.05, 0.1) is 12.5 Å². The van der Waals surface area contributed by atoms with Gasteiger partial charge in [-0.25, -0.2) is 0 Å². The summed E-state index contributed by atoms with van der Waals surface area (Å²) in [5.41, 5.74) is 0.961. The van der Waals surface area contributed by atoms with Gasteiger partial charge in [0.1, 0.15) is 12.6 Å². The molecule has 3 rings (SSSR count). The Morgan fingerprint density at radius 2 is 1.85 bits per heavy atom. The standard InChI is InChI=1S/C19H24N2O5/c22-17-12-26-11-16(21(17)10-13-4-2-1-3-5-13)18(23)20-15-8-6-14(7-9-15)19(24)25/h1-5,14-16H,6-12H2,(H,20,23)(H,24,25)/t14?,15?,16-/m1/s1. The molecule has 2 aliphatic rings. The highest BCUT2D eigenvalue weighted by Crippen LogP contribution is 2.25. The van der Waals surface area contributed by atoms with Gasteiger partial charge in [0.2, 0.25) is 11.8 Å². The molecule has 2 amide bonds. The summed E-state index contributed by atoms with van der Waals surface area (Å²) in [7, 11) is 0. The van der Waals surface area contributed by atoms with Crippen LogP contribution in [-0.2, 0) is 25.7 Å². The van der Waals surface area contributed by atoms with Gasteiger partial charge in [-0.15, -0.1) is 0 Å². The first-order valence-corrected chi connectivity index (χ1v) is 8.99. The number of carboxylic acids is 1. The molecule has 1 atom stereocenters. The van der Waals surface area contributed by atoms with Crippen LogP contribution in [0.3, 0.4) is 0 Å². The first-order chi connectivity index (χ1) is 12.5. The van der Waals surface area contributed by atoms with Crippen LogP contribution >= 0.6 is 0 Å². The molecular formula is C19H24N2O5. The Morgan fingerprint density at radius 3 is 2.50 bits per heavy atom. The minimum Gasteiger partial charge on any atom is -0.481 e. The van der Waals surface area contributed by atoms with Gasteiger partial charge in [-0.2, -0.15) is 0 Å². The zero-order valence-corrected chi connectivity index (χ0v) is 14.6. The highest BCUT2D eigenvalue weighted by Gasteiger charge is 2.35. The Bertz CT molecular complexity index is 655. The van der Waals surface area contributed by atoms with Crippen molar-refractivity contribution in [2.45, 2.75) is 44.3 Å². The van der Waals surface area contributed by atoms with Gasteiger partial charge in [-0.05, 0) is 31.2 Å². The van der Waals surface area contributed by atoms with Crippen molar-refractivity contribution in [3.8, 4) is 0 Å². The molecule has 2 fully saturated rings. The summed E-state index contributed by atoms with van der Waals surface area (Å²) in [5, 5.41) is 12.0. The first kappa shape index (κ1) is 18.4. The maximum absolute atomic E-state index is 12.7. The summed E-state index contributed by atoms with van der Waals surface area (Å²) in [6, 6.07) is 8.84. The van der Waals surface area contributed by atoms with Gasteiger partial charge >= 0.3 is 5.97 Å². The topological polar surface area (TPSA) is 95.9 Å². The zero-order valence-electron chi connectivity index (χ0n) is 14.6. The lowest BCUT2D eigenvalue weighted by atomic mass is 9.86. The molecule has 1 saturated heterocycles. The molecule has 0 aromatic heterocycles. The number of carboxylic acid groups (broad SMARTS) is 1. The zero-order chi connectivity index (χ0) is 18.5. The number of morpholine rings is 1. The number of amides is 2. The summed E-state index contributed by atoms with van der Waals surface area (Å²) in [5.74, 6) is -1.52. The maximum Gasteiger partial charge on any atom is 0.306 e. The van der Waals surface area contributed by atoms with Crippen LogP contribution in [0, 0.1) is 5.92 Å². The van der Waals surface area contributed by atoms with E-state index in [1.54, 1.807) is 4.90 Å². The number of carbonyl (C=O) groups is 3. The molecule has 140 valence electrons. The lowest BCUT2D eigenvalue weighted by molar-refractivity contribution is -0.156. The van der Waals surface area contributed by atoms with Crippen LogP contribution in [0.5, 0.6) is 0 Å². The van der Waals surface area contributed by atoms with E-state index in [1.165, 1.54) is 0 Å². The van der Waals surface area contributed by atoms with Crippen molar-refractivity contribution >= 4 is 17.8 Å². The van der Waals surface area contributed by atoms with E-state index >= 15 is 0 Å². The van der Waals surface area contributed by atoms with E-state index in [2.05, 4.69) is 5.32 Å². The number of nitrogens with one attached hydrogen (secondary N) is 1. The van der Waals surface area contributed by atoms with Crippen LogP contribution in [0.15, 0.2) is 30.3 Å². The lowest BCUT2D eigenvalue weighted by Crippen LogP contribution is -2.57. The van der Waals surface area contributed by atoms with Crippen LogP contribution in [0.4, 0.5) is 0 Å². The monoisotopic (exact) mass is 360 g/mol. The molecule has 0 radical (unpaired) electrons. The smallest absolute Gasteiger partial charge is 0.306 e. The minimum atomic E-state index is -0.768. The average molecular weight is 360 g/mol. The Labute approximate surface area is 152 Å². The summed E-state index contributed by atoms with van der Waals surface area (Å²) in [6.45, 7) is 0.530.